The highest BCUT2D eigenvalue weighted by Gasteiger charge is 2.16. The molecule has 0 saturated heterocycles. The number of hydrogen-bond acceptors (Lipinski definition) is 4. The van der Waals surface area contributed by atoms with E-state index in [4.69, 9.17) is 0 Å². The highest BCUT2D eigenvalue weighted by molar-refractivity contribution is 5.93. The standard InChI is InChI=1S/C20H28N4O/c1-5-6-12-24(4)20(25)17-13-18(21-14-15(2)3)23-19(22-17)16-10-8-7-9-11-16/h7-11,13,15H,5-6,12,14H2,1-4H3,(H,21,22,23). The summed E-state index contributed by atoms with van der Waals surface area (Å²) in [6.07, 6.45) is 2.04. The van der Waals surface area contributed by atoms with E-state index < -0.39 is 0 Å². The van der Waals surface area contributed by atoms with E-state index in [-0.39, 0.29) is 5.91 Å². The predicted octanol–water partition coefficient (Wildman–Crippen LogP) is 4.08. The molecule has 1 heterocycles. The fraction of sp³-hybridized carbons (Fsp3) is 0.450. The molecule has 1 amide bonds. The summed E-state index contributed by atoms with van der Waals surface area (Å²) in [6, 6.07) is 11.5. The Morgan fingerprint density at radius 1 is 1.20 bits per heavy atom. The van der Waals surface area contributed by atoms with Crippen LogP contribution in [0.5, 0.6) is 0 Å². The molecule has 0 aliphatic rings. The minimum Gasteiger partial charge on any atom is -0.370 e. The molecule has 0 aliphatic heterocycles. The lowest BCUT2D eigenvalue weighted by molar-refractivity contribution is 0.0787. The minimum atomic E-state index is -0.0689. The van der Waals surface area contributed by atoms with Gasteiger partial charge in [-0.1, -0.05) is 57.5 Å². The molecule has 5 heteroatoms. The van der Waals surface area contributed by atoms with E-state index in [9.17, 15) is 4.79 Å². The van der Waals surface area contributed by atoms with Crippen LogP contribution < -0.4 is 5.32 Å². The van der Waals surface area contributed by atoms with Crippen molar-refractivity contribution in [3.8, 4) is 11.4 Å². The van der Waals surface area contributed by atoms with E-state index >= 15 is 0 Å². The van der Waals surface area contributed by atoms with E-state index in [2.05, 4.69) is 36.1 Å². The van der Waals surface area contributed by atoms with Crippen LogP contribution in [0.2, 0.25) is 0 Å². The van der Waals surface area contributed by atoms with E-state index in [1.165, 1.54) is 0 Å². The van der Waals surface area contributed by atoms with Crippen molar-refractivity contribution >= 4 is 11.7 Å². The summed E-state index contributed by atoms with van der Waals surface area (Å²) in [6.45, 7) is 7.91. The van der Waals surface area contributed by atoms with Gasteiger partial charge in [-0.15, -0.1) is 0 Å². The molecule has 0 spiro atoms. The Morgan fingerprint density at radius 3 is 2.56 bits per heavy atom. The van der Waals surface area contributed by atoms with E-state index in [0.717, 1.165) is 31.5 Å². The Hall–Kier alpha value is -2.43. The van der Waals surface area contributed by atoms with Gasteiger partial charge in [0.05, 0.1) is 0 Å². The summed E-state index contributed by atoms with van der Waals surface area (Å²) in [5.74, 6) is 1.68. The zero-order valence-electron chi connectivity index (χ0n) is 15.6. The molecule has 1 aromatic carbocycles. The smallest absolute Gasteiger partial charge is 0.272 e. The number of carbonyl (C=O) groups is 1. The number of nitrogens with one attached hydrogen (secondary N) is 1. The summed E-state index contributed by atoms with van der Waals surface area (Å²) >= 11 is 0. The van der Waals surface area contributed by atoms with Gasteiger partial charge in [-0.2, -0.15) is 0 Å². The number of nitrogens with zero attached hydrogens (tertiary/aromatic N) is 3. The number of anilines is 1. The van der Waals surface area contributed by atoms with Gasteiger partial charge >= 0.3 is 0 Å². The monoisotopic (exact) mass is 340 g/mol. The first kappa shape index (κ1) is 18.9. The van der Waals surface area contributed by atoms with Gasteiger partial charge in [-0.25, -0.2) is 9.97 Å². The van der Waals surface area contributed by atoms with Crippen molar-refractivity contribution in [3.05, 3.63) is 42.1 Å². The van der Waals surface area contributed by atoms with Crippen LogP contribution in [0.3, 0.4) is 0 Å². The Balaban J connectivity index is 2.34. The van der Waals surface area contributed by atoms with Crippen LogP contribution in [-0.2, 0) is 0 Å². The van der Waals surface area contributed by atoms with E-state index in [0.29, 0.717) is 23.3 Å². The number of hydrogen-bond donors (Lipinski definition) is 1. The second-order valence-electron chi connectivity index (χ2n) is 6.68. The van der Waals surface area contributed by atoms with Crippen LogP contribution in [0.4, 0.5) is 5.82 Å². The van der Waals surface area contributed by atoms with Gasteiger partial charge in [0.1, 0.15) is 11.5 Å². The predicted molar refractivity (Wildman–Crippen MR) is 103 cm³/mol. The van der Waals surface area contributed by atoms with Crippen molar-refractivity contribution in [2.24, 2.45) is 5.92 Å². The summed E-state index contributed by atoms with van der Waals surface area (Å²) in [4.78, 5) is 23.6. The molecule has 134 valence electrons. The largest absolute Gasteiger partial charge is 0.370 e. The number of rotatable bonds is 8. The molecule has 0 saturated carbocycles. The zero-order valence-corrected chi connectivity index (χ0v) is 15.6. The van der Waals surface area contributed by atoms with Gasteiger partial charge in [0, 0.05) is 31.8 Å². The van der Waals surface area contributed by atoms with Crippen molar-refractivity contribution in [2.45, 2.75) is 33.6 Å². The van der Waals surface area contributed by atoms with Crippen LogP contribution in [0.1, 0.15) is 44.1 Å². The number of carbonyl (C=O) groups excluding carboxylic acids is 1. The average molecular weight is 340 g/mol. The molecular weight excluding hydrogens is 312 g/mol. The lowest BCUT2D eigenvalue weighted by Gasteiger charge is -2.17. The van der Waals surface area contributed by atoms with Crippen molar-refractivity contribution in [1.82, 2.24) is 14.9 Å². The summed E-state index contributed by atoms with van der Waals surface area (Å²) < 4.78 is 0. The lowest BCUT2D eigenvalue weighted by atomic mass is 10.2. The molecule has 2 rings (SSSR count). The van der Waals surface area contributed by atoms with Crippen molar-refractivity contribution in [1.29, 1.82) is 0 Å². The Kier molecular flexibility index (Phi) is 6.92. The molecule has 0 aliphatic carbocycles. The molecule has 1 aromatic heterocycles. The average Bonchev–Trinajstić information content (AvgIpc) is 2.64. The number of aromatic nitrogens is 2. The Labute approximate surface area is 150 Å². The van der Waals surface area contributed by atoms with E-state index in [1.807, 2.05) is 37.4 Å². The molecule has 0 unspecified atom stereocenters. The minimum absolute atomic E-state index is 0.0689. The summed E-state index contributed by atoms with van der Waals surface area (Å²) in [5, 5.41) is 3.31. The molecule has 0 radical (unpaired) electrons. The molecule has 2 aromatic rings. The van der Waals surface area contributed by atoms with Gasteiger partial charge in [0.25, 0.3) is 5.91 Å². The highest BCUT2D eigenvalue weighted by atomic mass is 16.2. The second-order valence-corrected chi connectivity index (χ2v) is 6.68. The SMILES string of the molecule is CCCCN(C)C(=O)c1cc(NCC(C)C)nc(-c2ccccc2)n1. The Bertz CT molecular complexity index is 685. The third-order valence-corrected chi connectivity index (χ3v) is 3.86. The van der Waals surface area contributed by atoms with Crippen LogP contribution in [0, 0.1) is 5.92 Å². The van der Waals surface area contributed by atoms with Gasteiger partial charge in [-0.05, 0) is 12.3 Å². The fourth-order valence-corrected chi connectivity index (χ4v) is 2.36. The van der Waals surface area contributed by atoms with Crippen molar-refractivity contribution < 1.29 is 4.79 Å². The topological polar surface area (TPSA) is 58.1 Å². The summed E-state index contributed by atoms with van der Waals surface area (Å²) in [5.41, 5.74) is 1.33. The fourth-order valence-electron chi connectivity index (χ4n) is 2.36. The van der Waals surface area contributed by atoms with Crippen LogP contribution in [0.15, 0.2) is 36.4 Å². The first-order valence-electron chi connectivity index (χ1n) is 8.95. The normalized spacial score (nSPS) is 10.8. The van der Waals surface area contributed by atoms with Crippen molar-refractivity contribution in [3.63, 3.8) is 0 Å². The maximum Gasteiger partial charge on any atom is 0.272 e. The van der Waals surface area contributed by atoms with Gasteiger partial charge in [-0.3, -0.25) is 4.79 Å². The molecule has 0 fully saturated rings. The molecular formula is C20H28N4O. The third kappa shape index (κ3) is 5.55. The van der Waals surface area contributed by atoms with Gasteiger partial charge in [0.2, 0.25) is 0 Å². The molecule has 25 heavy (non-hydrogen) atoms. The molecule has 0 bridgehead atoms. The zero-order chi connectivity index (χ0) is 18.2. The van der Waals surface area contributed by atoms with Crippen molar-refractivity contribution in [2.75, 3.05) is 25.5 Å². The third-order valence-electron chi connectivity index (χ3n) is 3.86. The van der Waals surface area contributed by atoms with Gasteiger partial charge in [0.15, 0.2) is 5.82 Å². The Morgan fingerprint density at radius 2 is 1.92 bits per heavy atom. The molecule has 1 N–H and O–H groups in total. The van der Waals surface area contributed by atoms with Crippen LogP contribution >= 0.6 is 0 Å². The van der Waals surface area contributed by atoms with Gasteiger partial charge < -0.3 is 10.2 Å². The first-order valence-corrected chi connectivity index (χ1v) is 8.95. The quantitative estimate of drug-likeness (QED) is 0.786. The summed E-state index contributed by atoms with van der Waals surface area (Å²) in [7, 11) is 1.82. The highest BCUT2D eigenvalue weighted by Crippen LogP contribution is 2.19. The lowest BCUT2D eigenvalue weighted by Crippen LogP contribution is -2.29. The number of benzene rings is 1. The molecule has 5 nitrogen and oxygen atoms in total. The number of amides is 1. The second kappa shape index (κ2) is 9.16. The first-order chi connectivity index (χ1) is 12.0. The van der Waals surface area contributed by atoms with Crippen LogP contribution in [0.25, 0.3) is 11.4 Å². The number of unbranched alkanes of at least 4 members (excludes halogenated alkanes) is 1. The van der Waals surface area contributed by atoms with E-state index in [1.54, 1.807) is 11.0 Å². The molecule has 0 atom stereocenters. The van der Waals surface area contributed by atoms with Crippen LogP contribution in [-0.4, -0.2) is 40.9 Å². The maximum absolute atomic E-state index is 12.7. The maximum atomic E-state index is 12.7.